The van der Waals surface area contributed by atoms with E-state index in [1.807, 2.05) is 0 Å². The first kappa shape index (κ1) is 12.3. The van der Waals surface area contributed by atoms with E-state index in [0.717, 1.165) is 6.04 Å². The molecule has 2 rings (SSSR count). The van der Waals surface area contributed by atoms with E-state index in [-0.39, 0.29) is 0 Å². The van der Waals surface area contributed by atoms with Gasteiger partial charge in [-0.15, -0.1) is 0 Å². The van der Waals surface area contributed by atoms with Gasteiger partial charge in [0.05, 0.1) is 0 Å². The fraction of sp³-hybridized carbons (Fsp3) is 1.00. The molecule has 0 aromatic rings. The van der Waals surface area contributed by atoms with Crippen molar-refractivity contribution in [2.75, 3.05) is 45.8 Å². The van der Waals surface area contributed by atoms with Crippen LogP contribution in [0.15, 0.2) is 0 Å². The molecule has 2 heterocycles. The van der Waals surface area contributed by atoms with Gasteiger partial charge in [0.2, 0.25) is 0 Å². The highest BCUT2D eigenvalue weighted by Crippen LogP contribution is 2.17. The van der Waals surface area contributed by atoms with Gasteiger partial charge in [-0.3, -0.25) is 4.90 Å². The molecule has 0 radical (unpaired) electrons. The van der Waals surface area contributed by atoms with Crippen molar-refractivity contribution < 1.29 is 0 Å². The first-order valence-corrected chi connectivity index (χ1v) is 7.07. The molecule has 2 aliphatic rings. The Balaban J connectivity index is 1.83. The maximum Gasteiger partial charge on any atom is 0.0110 e. The van der Waals surface area contributed by atoms with E-state index in [2.05, 4.69) is 22.0 Å². The molecular formula is C13H27N3. The molecule has 1 atom stereocenters. The summed E-state index contributed by atoms with van der Waals surface area (Å²) in [5, 5.41) is 3.50. The van der Waals surface area contributed by atoms with E-state index in [0.29, 0.717) is 0 Å². The summed E-state index contributed by atoms with van der Waals surface area (Å²) in [6.07, 6.45) is 5.51. The van der Waals surface area contributed by atoms with Crippen LogP contribution in [0.2, 0.25) is 0 Å². The summed E-state index contributed by atoms with van der Waals surface area (Å²) in [5.74, 6) is 0. The number of hydrogen-bond donors (Lipinski definition) is 1. The van der Waals surface area contributed by atoms with Crippen LogP contribution in [-0.4, -0.2) is 61.7 Å². The highest BCUT2D eigenvalue weighted by Gasteiger charge is 2.22. The number of nitrogens with zero attached hydrogens (tertiary/aromatic N) is 2. The molecule has 1 N–H and O–H groups in total. The molecule has 0 aromatic carbocycles. The Morgan fingerprint density at radius 3 is 2.81 bits per heavy atom. The Bertz CT molecular complexity index is 188. The number of rotatable bonds is 2. The lowest BCUT2D eigenvalue weighted by atomic mass is 10.1. The Kier molecular flexibility index (Phi) is 5.07. The minimum atomic E-state index is 0.858. The van der Waals surface area contributed by atoms with Crippen LogP contribution in [0.25, 0.3) is 0 Å². The van der Waals surface area contributed by atoms with Crippen molar-refractivity contribution in [2.45, 2.75) is 38.6 Å². The van der Waals surface area contributed by atoms with Crippen molar-refractivity contribution in [2.24, 2.45) is 0 Å². The van der Waals surface area contributed by atoms with E-state index >= 15 is 0 Å². The Hall–Kier alpha value is -0.120. The normalized spacial score (nSPS) is 30.9. The molecule has 0 amide bonds. The molecule has 1 unspecified atom stereocenters. The van der Waals surface area contributed by atoms with E-state index in [1.54, 1.807) is 0 Å². The lowest BCUT2D eigenvalue weighted by molar-refractivity contribution is 0.188. The monoisotopic (exact) mass is 225 g/mol. The molecule has 2 saturated heterocycles. The lowest BCUT2D eigenvalue weighted by Gasteiger charge is -2.29. The zero-order chi connectivity index (χ0) is 11.2. The zero-order valence-corrected chi connectivity index (χ0v) is 10.7. The maximum absolute atomic E-state index is 3.50. The molecule has 3 heteroatoms. The van der Waals surface area contributed by atoms with Crippen LogP contribution < -0.4 is 5.32 Å². The largest absolute Gasteiger partial charge is 0.315 e. The van der Waals surface area contributed by atoms with Crippen molar-refractivity contribution in [3.05, 3.63) is 0 Å². The first-order valence-electron chi connectivity index (χ1n) is 7.07. The highest BCUT2D eigenvalue weighted by molar-refractivity contribution is 4.79. The molecule has 0 spiro atoms. The second-order valence-corrected chi connectivity index (χ2v) is 5.16. The van der Waals surface area contributed by atoms with Crippen LogP contribution in [0.3, 0.4) is 0 Å². The molecule has 94 valence electrons. The first-order chi connectivity index (χ1) is 7.90. The molecule has 16 heavy (non-hydrogen) atoms. The zero-order valence-electron chi connectivity index (χ0n) is 10.7. The summed E-state index contributed by atoms with van der Waals surface area (Å²) >= 11 is 0. The third-order valence-electron chi connectivity index (χ3n) is 4.13. The average Bonchev–Trinajstić information content (AvgIpc) is 2.71. The summed E-state index contributed by atoms with van der Waals surface area (Å²) in [6, 6.07) is 0.858. The van der Waals surface area contributed by atoms with Gasteiger partial charge in [0.25, 0.3) is 0 Å². The molecule has 3 nitrogen and oxygen atoms in total. The highest BCUT2D eigenvalue weighted by atomic mass is 15.2. The quantitative estimate of drug-likeness (QED) is 0.761. The van der Waals surface area contributed by atoms with Gasteiger partial charge in [-0.2, -0.15) is 0 Å². The van der Waals surface area contributed by atoms with Crippen LogP contribution >= 0.6 is 0 Å². The second kappa shape index (κ2) is 6.58. The lowest BCUT2D eigenvalue weighted by Crippen LogP contribution is -2.38. The van der Waals surface area contributed by atoms with E-state index in [4.69, 9.17) is 0 Å². The molecule has 0 bridgehead atoms. The van der Waals surface area contributed by atoms with Crippen LogP contribution in [0.4, 0.5) is 0 Å². The van der Waals surface area contributed by atoms with Gasteiger partial charge in [-0.1, -0.05) is 6.92 Å². The van der Waals surface area contributed by atoms with Gasteiger partial charge in [0, 0.05) is 19.1 Å². The molecule has 2 aliphatic heterocycles. The van der Waals surface area contributed by atoms with Gasteiger partial charge in [0.1, 0.15) is 0 Å². The van der Waals surface area contributed by atoms with Crippen LogP contribution in [0, 0.1) is 0 Å². The third kappa shape index (κ3) is 3.44. The molecule has 0 aromatic heterocycles. The standard InChI is InChI=1S/C13H27N3/c1-2-15-9-3-5-13(6-11-15)16-10-4-7-14-8-12-16/h13-14H,2-12H2,1H3. The van der Waals surface area contributed by atoms with E-state index in [9.17, 15) is 0 Å². The summed E-state index contributed by atoms with van der Waals surface area (Å²) in [5.41, 5.74) is 0. The van der Waals surface area contributed by atoms with E-state index < -0.39 is 0 Å². The number of likely N-dealkylation sites (tertiary alicyclic amines) is 1. The summed E-state index contributed by atoms with van der Waals surface area (Å²) in [4.78, 5) is 5.34. The summed E-state index contributed by atoms with van der Waals surface area (Å²) in [7, 11) is 0. The smallest absolute Gasteiger partial charge is 0.0110 e. The van der Waals surface area contributed by atoms with Crippen LogP contribution in [0.1, 0.15) is 32.6 Å². The van der Waals surface area contributed by atoms with E-state index in [1.165, 1.54) is 71.5 Å². The summed E-state index contributed by atoms with van der Waals surface area (Å²) in [6.45, 7) is 11.1. The van der Waals surface area contributed by atoms with Gasteiger partial charge < -0.3 is 10.2 Å². The summed E-state index contributed by atoms with van der Waals surface area (Å²) < 4.78 is 0. The molecular weight excluding hydrogens is 198 g/mol. The SMILES string of the molecule is CCN1CCCC(N2CCCNCC2)CC1. The van der Waals surface area contributed by atoms with Crippen molar-refractivity contribution in [3.8, 4) is 0 Å². The van der Waals surface area contributed by atoms with Crippen LogP contribution in [0.5, 0.6) is 0 Å². The van der Waals surface area contributed by atoms with Crippen molar-refractivity contribution in [3.63, 3.8) is 0 Å². The maximum atomic E-state index is 3.50. The Morgan fingerprint density at radius 2 is 1.94 bits per heavy atom. The number of nitrogens with one attached hydrogen (secondary N) is 1. The van der Waals surface area contributed by atoms with Crippen molar-refractivity contribution >= 4 is 0 Å². The average molecular weight is 225 g/mol. The predicted octanol–water partition coefficient (Wildman–Crippen LogP) is 1.16. The van der Waals surface area contributed by atoms with Crippen molar-refractivity contribution in [1.82, 2.24) is 15.1 Å². The van der Waals surface area contributed by atoms with Crippen molar-refractivity contribution in [1.29, 1.82) is 0 Å². The second-order valence-electron chi connectivity index (χ2n) is 5.16. The minimum Gasteiger partial charge on any atom is -0.315 e. The van der Waals surface area contributed by atoms with Gasteiger partial charge in [0.15, 0.2) is 0 Å². The minimum absolute atomic E-state index is 0.858. The molecule has 0 saturated carbocycles. The third-order valence-corrected chi connectivity index (χ3v) is 4.13. The number of hydrogen-bond acceptors (Lipinski definition) is 3. The Labute approximate surface area is 100 Å². The van der Waals surface area contributed by atoms with Gasteiger partial charge in [-0.05, 0) is 58.4 Å². The molecule has 2 fully saturated rings. The van der Waals surface area contributed by atoms with Gasteiger partial charge in [-0.25, -0.2) is 0 Å². The van der Waals surface area contributed by atoms with Gasteiger partial charge >= 0.3 is 0 Å². The fourth-order valence-electron chi connectivity index (χ4n) is 3.05. The fourth-order valence-corrected chi connectivity index (χ4v) is 3.05. The Morgan fingerprint density at radius 1 is 1.00 bits per heavy atom. The van der Waals surface area contributed by atoms with Crippen LogP contribution in [-0.2, 0) is 0 Å². The molecule has 0 aliphatic carbocycles. The topological polar surface area (TPSA) is 18.5 Å². The predicted molar refractivity (Wildman–Crippen MR) is 68.8 cm³/mol.